The van der Waals surface area contributed by atoms with Gasteiger partial charge in [-0.1, -0.05) is 12.1 Å². The van der Waals surface area contributed by atoms with Gasteiger partial charge in [-0.15, -0.1) is 0 Å². The minimum atomic E-state index is -0.745. The van der Waals surface area contributed by atoms with Crippen molar-refractivity contribution < 1.29 is 9.90 Å². The summed E-state index contributed by atoms with van der Waals surface area (Å²) in [6.45, 7) is 4.28. The van der Waals surface area contributed by atoms with E-state index in [4.69, 9.17) is 5.11 Å². The average molecular weight is 231 g/mol. The van der Waals surface area contributed by atoms with Gasteiger partial charge in [-0.05, 0) is 38.0 Å². The Kier molecular flexibility index (Phi) is 3.18. The molecule has 0 amide bonds. The van der Waals surface area contributed by atoms with Gasteiger partial charge in [0.15, 0.2) is 0 Å². The van der Waals surface area contributed by atoms with E-state index in [-0.39, 0.29) is 6.42 Å². The molecule has 2 rings (SSSR count). The molecule has 2 aromatic rings. The van der Waals surface area contributed by atoms with E-state index in [1.54, 1.807) is 0 Å². The number of aromatic nitrogens is 1. The molecule has 1 aromatic heterocycles. The summed E-state index contributed by atoms with van der Waals surface area (Å²) in [5.41, 5.74) is 2.30. The maximum absolute atomic E-state index is 10.6. The minimum Gasteiger partial charge on any atom is -0.481 e. The fraction of sp³-hybridized carbons (Fsp3) is 0.357. The van der Waals surface area contributed by atoms with Crippen molar-refractivity contribution in [2.24, 2.45) is 0 Å². The zero-order valence-corrected chi connectivity index (χ0v) is 10.2. The van der Waals surface area contributed by atoms with Gasteiger partial charge < -0.3 is 9.67 Å². The first kappa shape index (κ1) is 11.7. The highest BCUT2D eigenvalue weighted by Gasteiger charge is 2.08. The molecule has 3 heteroatoms. The SMILES string of the molecule is CC(C)n1ccc2c(CCC(=O)O)cccc21. The summed E-state index contributed by atoms with van der Waals surface area (Å²) in [5, 5.41) is 9.90. The molecule has 1 aromatic carbocycles. The number of hydrogen-bond acceptors (Lipinski definition) is 1. The van der Waals surface area contributed by atoms with Gasteiger partial charge in [0, 0.05) is 29.6 Å². The van der Waals surface area contributed by atoms with Crippen LogP contribution >= 0.6 is 0 Å². The third-order valence-corrected chi connectivity index (χ3v) is 3.02. The molecule has 0 aliphatic carbocycles. The Balaban J connectivity index is 2.41. The second-order valence-electron chi connectivity index (χ2n) is 4.56. The third-order valence-electron chi connectivity index (χ3n) is 3.02. The van der Waals surface area contributed by atoms with Crippen molar-refractivity contribution in [2.75, 3.05) is 0 Å². The van der Waals surface area contributed by atoms with Crippen molar-refractivity contribution in [3.63, 3.8) is 0 Å². The average Bonchev–Trinajstić information content (AvgIpc) is 2.70. The molecule has 3 nitrogen and oxygen atoms in total. The van der Waals surface area contributed by atoms with Gasteiger partial charge in [0.1, 0.15) is 0 Å². The Labute approximate surface area is 101 Å². The Morgan fingerprint density at radius 3 is 2.76 bits per heavy atom. The number of aliphatic carboxylic acids is 1. The number of carboxylic acid groups (broad SMARTS) is 1. The summed E-state index contributed by atoms with van der Waals surface area (Å²) in [6, 6.07) is 8.59. The zero-order chi connectivity index (χ0) is 12.4. The molecule has 0 saturated carbocycles. The fourth-order valence-corrected chi connectivity index (χ4v) is 2.16. The summed E-state index contributed by atoms with van der Waals surface area (Å²) in [7, 11) is 0. The number of aryl methyl sites for hydroxylation is 1. The van der Waals surface area contributed by atoms with Crippen molar-refractivity contribution in [3.05, 3.63) is 36.0 Å². The largest absolute Gasteiger partial charge is 0.481 e. The lowest BCUT2D eigenvalue weighted by Crippen LogP contribution is -1.99. The summed E-state index contributed by atoms with van der Waals surface area (Å²) in [4.78, 5) is 10.6. The van der Waals surface area contributed by atoms with Crippen LogP contribution in [-0.2, 0) is 11.2 Å². The first-order chi connectivity index (χ1) is 8.09. The maximum atomic E-state index is 10.6. The van der Waals surface area contributed by atoms with Crippen LogP contribution in [0, 0.1) is 0 Å². The van der Waals surface area contributed by atoms with E-state index < -0.39 is 5.97 Å². The molecular formula is C14H17NO2. The van der Waals surface area contributed by atoms with Crippen LogP contribution in [0.1, 0.15) is 31.9 Å². The monoisotopic (exact) mass is 231 g/mol. The van der Waals surface area contributed by atoms with E-state index in [0.717, 1.165) is 5.56 Å². The lowest BCUT2D eigenvalue weighted by atomic mass is 10.1. The van der Waals surface area contributed by atoms with Gasteiger partial charge >= 0.3 is 5.97 Å². The van der Waals surface area contributed by atoms with Crippen LogP contribution in [0.5, 0.6) is 0 Å². The standard InChI is InChI=1S/C14H17NO2/c1-10(2)15-9-8-12-11(6-7-14(16)17)4-3-5-13(12)15/h3-5,8-10H,6-7H2,1-2H3,(H,16,17). The highest BCUT2D eigenvalue weighted by molar-refractivity contribution is 5.84. The Morgan fingerprint density at radius 2 is 2.12 bits per heavy atom. The normalized spacial score (nSPS) is 11.2. The molecule has 0 aliphatic rings. The van der Waals surface area contributed by atoms with Crippen LogP contribution < -0.4 is 0 Å². The van der Waals surface area contributed by atoms with Crippen LogP contribution in [0.3, 0.4) is 0 Å². The molecule has 0 bridgehead atoms. The second kappa shape index (κ2) is 4.62. The van der Waals surface area contributed by atoms with Crippen molar-refractivity contribution in [3.8, 4) is 0 Å². The Hall–Kier alpha value is -1.77. The van der Waals surface area contributed by atoms with Gasteiger partial charge in [0.2, 0.25) is 0 Å². The highest BCUT2D eigenvalue weighted by atomic mass is 16.4. The predicted molar refractivity (Wildman–Crippen MR) is 68.3 cm³/mol. The minimum absolute atomic E-state index is 0.186. The molecule has 0 fully saturated rings. The molecular weight excluding hydrogens is 214 g/mol. The van der Waals surface area contributed by atoms with E-state index in [1.165, 1.54) is 10.9 Å². The number of nitrogens with zero attached hydrogens (tertiary/aromatic N) is 1. The number of rotatable bonds is 4. The lowest BCUT2D eigenvalue weighted by molar-refractivity contribution is -0.136. The Morgan fingerprint density at radius 1 is 1.35 bits per heavy atom. The number of benzene rings is 1. The molecule has 0 radical (unpaired) electrons. The molecule has 90 valence electrons. The third kappa shape index (κ3) is 2.33. The molecule has 17 heavy (non-hydrogen) atoms. The molecule has 1 heterocycles. The highest BCUT2D eigenvalue weighted by Crippen LogP contribution is 2.24. The zero-order valence-electron chi connectivity index (χ0n) is 10.2. The van der Waals surface area contributed by atoms with Crippen LogP contribution in [0.25, 0.3) is 10.9 Å². The van der Waals surface area contributed by atoms with Crippen LogP contribution in [0.15, 0.2) is 30.5 Å². The first-order valence-electron chi connectivity index (χ1n) is 5.90. The number of fused-ring (bicyclic) bond motifs is 1. The van der Waals surface area contributed by atoms with E-state index in [2.05, 4.69) is 36.7 Å². The van der Waals surface area contributed by atoms with Crippen molar-refractivity contribution in [1.82, 2.24) is 4.57 Å². The smallest absolute Gasteiger partial charge is 0.303 e. The van der Waals surface area contributed by atoms with E-state index in [1.807, 2.05) is 12.1 Å². The van der Waals surface area contributed by atoms with Crippen molar-refractivity contribution in [2.45, 2.75) is 32.7 Å². The number of carbonyl (C=O) groups is 1. The van der Waals surface area contributed by atoms with Gasteiger partial charge in [0.25, 0.3) is 0 Å². The summed E-state index contributed by atoms with van der Waals surface area (Å²) in [5.74, 6) is -0.745. The second-order valence-corrected chi connectivity index (χ2v) is 4.56. The van der Waals surface area contributed by atoms with Gasteiger partial charge in [-0.3, -0.25) is 4.79 Å². The van der Waals surface area contributed by atoms with Crippen LogP contribution in [-0.4, -0.2) is 15.6 Å². The van der Waals surface area contributed by atoms with Crippen LogP contribution in [0.4, 0.5) is 0 Å². The van der Waals surface area contributed by atoms with Gasteiger partial charge in [-0.25, -0.2) is 0 Å². The maximum Gasteiger partial charge on any atom is 0.303 e. The van der Waals surface area contributed by atoms with Crippen molar-refractivity contribution >= 4 is 16.9 Å². The number of carboxylic acids is 1. The van der Waals surface area contributed by atoms with E-state index in [0.29, 0.717) is 12.5 Å². The van der Waals surface area contributed by atoms with Crippen LogP contribution in [0.2, 0.25) is 0 Å². The van der Waals surface area contributed by atoms with E-state index >= 15 is 0 Å². The molecule has 0 unspecified atom stereocenters. The molecule has 0 atom stereocenters. The quantitative estimate of drug-likeness (QED) is 0.877. The molecule has 0 aliphatic heterocycles. The topological polar surface area (TPSA) is 42.2 Å². The predicted octanol–water partition coefficient (Wildman–Crippen LogP) is 3.24. The van der Waals surface area contributed by atoms with E-state index in [9.17, 15) is 4.79 Å². The number of hydrogen-bond donors (Lipinski definition) is 1. The summed E-state index contributed by atoms with van der Waals surface area (Å²) < 4.78 is 2.21. The lowest BCUT2D eigenvalue weighted by Gasteiger charge is -2.10. The molecule has 1 N–H and O–H groups in total. The molecule has 0 spiro atoms. The summed E-state index contributed by atoms with van der Waals surface area (Å²) >= 11 is 0. The first-order valence-corrected chi connectivity index (χ1v) is 5.90. The van der Waals surface area contributed by atoms with Gasteiger partial charge in [-0.2, -0.15) is 0 Å². The fourth-order valence-electron chi connectivity index (χ4n) is 2.16. The molecule has 0 saturated heterocycles. The van der Waals surface area contributed by atoms with Gasteiger partial charge in [0.05, 0.1) is 0 Å². The Bertz CT molecular complexity index is 540. The van der Waals surface area contributed by atoms with Crippen molar-refractivity contribution in [1.29, 1.82) is 0 Å². The summed E-state index contributed by atoms with van der Waals surface area (Å²) in [6.07, 6.45) is 2.85.